The van der Waals surface area contributed by atoms with Crippen molar-refractivity contribution in [3.05, 3.63) is 0 Å². The standard InChI is InChI=1S/C11H23N3OS/c1-9-7-14(5-6-15-9)10(12)13-8-11(2,3)16-4/h9H,5-8H2,1-4H3,(H2,12,13). The molecule has 0 saturated carbocycles. The molecule has 1 saturated heterocycles. The molecule has 1 fully saturated rings. The van der Waals surface area contributed by atoms with E-state index in [9.17, 15) is 0 Å². The third-order valence-corrected chi connectivity index (χ3v) is 3.97. The first-order valence-corrected chi connectivity index (χ1v) is 6.89. The van der Waals surface area contributed by atoms with Gasteiger partial charge in [-0.2, -0.15) is 11.8 Å². The Labute approximate surface area is 103 Å². The van der Waals surface area contributed by atoms with E-state index in [1.54, 1.807) is 0 Å². The van der Waals surface area contributed by atoms with E-state index in [1.165, 1.54) is 0 Å². The van der Waals surface area contributed by atoms with Crippen LogP contribution in [0.4, 0.5) is 0 Å². The molecule has 2 N–H and O–H groups in total. The summed E-state index contributed by atoms with van der Waals surface area (Å²) in [5.41, 5.74) is 5.98. The lowest BCUT2D eigenvalue weighted by molar-refractivity contribution is 0.00529. The fraction of sp³-hybridized carbons (Fsp3) is 0.909. The van der Waals surface area contributed by atoms with Crippen LogP contribution in [0.1, 0.15) is 20.8 Å². The Hall–Kier alpha value is -0.420. The minimum atomic E-state index is 0.155. The molecule has 0 aromatic heterocycles. The highest BCUT2D eigenvalue weighted by molar-refractivity contribution is 7.99. The van der Waals surface area contributed by atoms with Crippen molar-refractivity contribution in [2.75, 3.05) is 32.5 Å². The van der Waals surface area contributed by atoms with Gasteiger partial charge in [0.1, 0.15) is 0 Å². The summed E-state index contributed by atoms with van der Waals surface area (Å²) in [4.78, 5) is 6.57. The van der Waals surface area contributed by atoms with Gasteiger partial charge in [-0.05, 0) is 27.0 Å². The SMILES string of the molecule is CSC(C)(C)CN=C(N)N1CCOC(C)C1. The number of rotatable bonds is 3. The molecule has 0 aliphatic carbocycles. The molecule has 1 rings (SSSR count). The number of thioether (sulfide) groups is 1. The van der Waals surface area contributed by atoms with E-state index in [4.69, 9.17) is 10.5 Å². The third-order valence-electron chi connectivity index (χ3n) is 2.74. The average Bonchev–Trinajstić information content (AvgIpc) is 2.26. The van der Waals surface area contributed by atoms with Crippen LogP contribution in [0.2, 0.25) is 0 Å². The maximum Gasteiger partial charge on any atom is 0.191 e. The monoisotopic (exact) mass is 245 g/mol. The van der Waals surface area contributed by atoms with E-state index in [0.717, 1.165) is 26.2 Å². The van der Waals surface area contributed by atoms with Crippen molar-refractivity contribution >= 4 is 17.7 Å². The molecule has 1 unspecified atom stereocenters. The number of morpholine rings is 1. The number of nitrogens with two attached hydrogens (primary N) is 1. The summed E-state index contributed by atoms with van der Waals surface area (Å²) in [6.45, 7) is 9.60. The highest BCUT2D eigenvalue weighted by Gasteiger charge is 2.20. The molecule has 0 bridgehead atoms. The van der Waals surface area contributed by atoms with Crippen molar-refractivity contribution in [3.63, 3.8) is 0 Å². The Morgan fingerprint density at radius 2 is 2.31 bits per heavy atom. The van der Waals surface area contributed by atoms with Gasteiger partial charge in [0.15, 0.2) is 5.96 Å². The van der Waals surface area contributed by atoms with Crippen LogP contribution in [0.25, 0.3) is 0 Å². The quantitative estimate of drug-likeness (QED) is 0.599. The lowest BCUT2D eigenvalue weighted by Crippen LogP contribution is -2.48. The Morgan fingerprint density at radius 3 is 2.88 bits per heavy atom. The molecule has 0 aromatic carbocycles. The van der Waals surface area contributed by atoms with Crippen LogP contribution < -0.4 is 5.73 Å². The second-order valence-corrected chi connectivity index (χ2v) is 6.28. The van der Waals surface area contributed by atoms with Gasteiger partial charge in [-0.1, -0.05) is 0 Å². The number of guanidine groups is 1. The van der Waals surface area contributed by atoms with Crippen molar-refractivity contribution in [2.45, 2.75) is 31.6 Å². The molecule has 4 nitrogen and oxygen atoms in total. The van der Waals surface area contributed by atoms with Gasteiger partial charge < -0.3 is 15.4 Å². The highest BCUT2D eigenvalue weighted by atomic mass is 32.2. The maximum absolute atomic E-state index is 5.98. The van der Waals surface area contributed by atoms with Crippen molar-refractivity contribution in [2.24, 2.45) is 10.7 Å². The predicted molar refractivity (Wildman–Crippen MR) is 71.1 cm³/mol. The summed E-state index contributed by atoms with van der Waals surface area (Å²) in [7, 11) is 0. The molecule has 0 amide bonds. The fourth-order valence-corrected chi connectivity index (χ4v) is 1.66. The molecule has 5 heteroatoms. The Morgan fingerprint density at radius 1 is 1.62 bits per heavy atom. The van der Waals surface area contributed by atoms with Gasteiger partial charge in [0.05, 0.1) is 19.3 Å². The van der Waals surface area contributed by atoms with Gasteiger partial charge in [-0.15, -0.1) is 0 Å². The van der Waals surface area contributed by atoms with Crippen LogP contribution in [0.5, 0.6) is 0 Å². The Bertz CT molecular complexity index is 256. The zero-order valence-electron chi connectivity index (χ0n) is 10.7. The van der Waals surface area contributed by atoms with Crippen molar-refractivity contribution in [1.82, 2.24) is 4.90 Å². The van der Waals surface area contributed by atoms with Gasteiger partial charge in [0.2, 0.25) is 0 Å². The number of hydrogen-bond donors (Lipinski definition) is 1. The number of aliphatic imine (C=N–C) groups is 1. The zero-order valence-corrected chi connectivity index (χ0v) is 11.5. The molecule has 1 aliphatic heterocycles. The van der Waals surface area contributed by atoms with Crippen molar-refractivity contribution in [3.8, 4) is 0 Å². The lowest BCUT2D eigenvalue weighted by atomic mass is 10.2. The van der Waals surface area contributed by atoms with Gasteiger partial charge in [0, 0.05) is 17.8 Å². The summed E-state index contributed by atoms with van der Waals surface area (Å²) in [5, 5.41) is 0. The summed E-state index contributed by atoms with van der Waals surface area (Å²) in [6, 6.07) is 0. The third kappa shape index (κ3) is 4.22. The summed E-state index contributed by atoms with van der Waals surface area (Å²) < 4.78 is 5.62. The largest absolute Gasteiger partial charge is 0.375 e. The number of ether oxygens (including phenoxy) is 1. The smallest absolute Gasteiger partial charge is 0.191 e. The molecule has 0 spiro atoms. The topological polar surface area (TPSA) is 50.8 Å². The molecule has 1 aliphatic rings. The van der Waals surface area contributed by atoms with Gasteiger partial charge in [0.25, 0.3) is 0 Å². The number of nitrogens with zero attached hydrogens (tertiary/aromatic N) is 2. The Balaban J connectivity index is 2.49. The van der Waals surface area contributed by atoms with Crippen LogP contribution in [0.15, 0.2) is 4.99 Å². The maximum atomic E-state index is 5.98. The van der Waals surface area contributed by atoms with E-state index < -0.39 is 0 Å². The Kier molecular flexibility index (Phi) is 4.92. The first-order valence-electron chi connectivity index (χ1n) is 5.66. The minimum Gasteiger partial charge on any atom is -0.375 e. The van der Waals surface area contributed by atoms with E-state index in [2.05, 4.69) is 36.9 Å². The molecular formula is C11H23N3OS. The first kappa shape index (κ1) is 13.6. The van der Waals surface area contributed by atoms with Gasteiger partial charge in [-0.25, -0.2) is 0 Å². The van der Waals surface area contributed by atoms with Crippen molar-refractivity contribution in [1.29, 1.82) is 0 Å². The van der Waals surface area contributed by atoms with Crippen LogP contribution >= 0.6 is 11.8 Å². The molecular weight excluding hydrogens is 222 g/mol. The minimum absolute atomic E-state index is 0.155. The van der Waals surface area contributed by atoms with Gasteiger partial charge >= 0.3 is 0 Å². The first-order chi connectivity index (χ1) is 7.44. The lowest BCUT2D eigenvalue weighted by Gasteiger charge is -2.32. The van der Waals surface area contributed by atoms with E-state index in [-0.39, 0.29) is 10.9 Å². The molecule has 1 atom stereocenters. The van der Waals surface area contributed by atoms with E-state index in [1.807, 2.05) is 11.8 Å². The van der Waals surface area contributed by atoms with E-state index in [0.29, 0.717) is 5.96 Å². The van der Waals surface area contributed by atoms with Gasteiger partial charge in [-0.3, -0.25) is 4.99 Å². The summed E-state index contributed by atoms with van der Waals surface area (Å²) >= 11 is 1.81. The van der Waals surface area contributed by atoms with Crippen LogP contribution in [0.3, 0.4) is 0 Å². The van der Waals surface area contributed by atoms with Crippen LogP contribution in [-0.4, -0.2) is 54.2 Å². The molecule has 0 radical (unpaired) electrons. The average molecular weight is 245 g/mol. The number of hydrogen-bond acceptors (Lipinski definition) is 3. The van der Waals surface area contributed by atoms with Crippen LogP contribution in [0, 0.1) is 0 Å². The normalized spacial score (nSPS) is 23.6. The second-order valence-electron chi connectivity index (χ2n) is 4.77. The molecule has 16 heavy (non-hydrogen) atoms. The predicted octanol–water partition coefficient (Wildman–Crippen LogP) is 1.16. The summed E-state index contributed by atoms with van der Waals surface area (Å²) in [5.74, 6) is 0.650. The summed E-state index contributed by atoms with van der Waals surface area (Å²) in [6.07, 6.45) is 2.35. The fourth-order valence-electron chi connectivity index (χ4n) is 1.46. The molecule has 0 aromatic rings. The molecule has 1 heterocycles. The zero-order chi connectivity index (χ0) is 12.2. The molecule has 94 valence electrons. The van der Waals surface area contributed by atoms with E-state index >= 15 is 0 Å². The second kappa shape index (κ2) is 5.77. The van der Waals surface area contributed by atoms with Crippen molar-refractivity contribution < 1.29 is 4.74 Å². The highest BCUT2D eigenvalue weighted by Crippen LogP contribution is 2.21. The van der Waals surface area contributed by atoms with Crippen LogP contribution in [-0.2, 0) is 4.74 Å².